The van der Waals surface area contributed by atoms with Crippen LogP contribution in [0.4, 0.5) is 4.79 Å². The summed E-state index contributed by atoms with van der Waals surface area (Å²) >= 11 is 0. The summed E-state index contributed by atoms with van der Waals surface area (Å²) in [4.78, 5) is 47.9. The Morgan fingerprint density at radius 1 is 1.20 bits per heavy atom. The van der Waals surface area contributed by atoms with Crippen molar-refractivity contribution < 1.29 is 28.3 Å². The molecular formula is C20H23N3O7. The number of hydrogen-bond acceptors (Lipinski definition) is 7. The minimum Gasteiger partial charge on any atom is -0.463 e. The van der Waals surface area contributed by atoms with E-state index in [-0.39, 0.29) is 30.9 Å². The van der Waals surface area contributed by atoms with Crippen LogP contribution in [0, 0.1) is 0 Å². The van der Waals surface area contributed by atoms with E-state index in [1.165, 1.54) is 4.57 Å². The van der Waals surface area contributed by atoms with E-state index in [4.69, 9.17) is 13.9 Å². The Balaban J connectivity index is 1.58. The van der Waals surface area contributed by atoms with Gasteiger partial charge in [-0.3, -0.25) is 9.36 Å². The van der Waals surface area contributed by atoms with Crippen molar-refractivity contribution in [1.29, 1.82) is 0 Å². The van der Waals surface area contributed by atoms with E-state index in [0.717, 1.165) is 0 Å². The first kappa shape index (κ1) is 21.2. The van der Waals surface area contributed by atoms with Crippen LogP contribution < -0.4 is 16.4 Å². The quantitative estimate of drug-likeness (QED) is 0.622. The molecule has 1 aliphatic rings. The predicted octanol–water partition coefficient (Wildman–Crippen LogP) is 1.44. The van der Waals surface area contributed by atoms with E-state index in [1.807, 2.05) is 0 Å². The van der Waals surface area contributed by atoms with Crippen molar-refractivity contribution in [2.24, 2.45) is 0 Å². The lowest BCUT2D eigenvalue weighted by molar-refractivity contribution is -0.143. The fraction of sp³-hybridized carbons (Fsp3) is 0.400. The topological polar surface area (TPSA) is 129 Å². The molecule has 30 heavy (non-hydrogen) atoms. The number of carbonyl (C=O) groups is 3. The van der Waals surface area contributed by atoms with Gasteiger partial charge in [-0.1, -0.05) is 12.1 Å². The highest BCUT2D eigenvalue weighted by Gasteiger charge is 2.30. The van der Waals surface area contributed by atoms with Gasteiger partial charge in [0, 0.05) is 13.0 Å². The van der Waals surface area contributed by atoms with Crippen LogP contribution in [0.1, 0.15) is 26.7 Å². The number of oxazole rings is 1. The van der Waals surface area contributed by atoms with Crippen LogP contribution in [0.2, 0.25) is 0 Å². The average Bonchev–Trinajstić information content (AvgIpc) is 3.01. The van der Waals surface area contributed by atoms with Gasteiger partial charge in [-0.25, -0.2) is 14.4 Å². The van der Waals surface area contributed by atoms with Gasteiger partial charge in [0.15, 0.2) is 5.58 Å². The molecule has 10 heteroatoms. The Morgan fingerprint density at radius 3 is 2.73 bits per heavy atom. The van der Waals surface area contributed by atoms with Crippen molar-refractivity contribution in [1.82, 2.24) is 15.2 Å². The Labute approximate surface area is 171 Å². The molecule has 0 fully saturated rings. The Morgan fingerprint density at radius 2 is 1.97 bits per heavy atom. The molecule has 1 aliphatic heterocycles. The van der Waals surface area contributed by atoms with Gasteiger partial charge in [0.25, 0.3) is 0 Å². The van der Waals surface area contributed by atoms with Gasteiger partial charge >= 0.3 is 23.7 Å². The SMILES string of the molecule is CCOC(=O)C1=C(COC(=O)CCCn2c(=O)oc3ccccc32)NC(=O)NC1C. The van der Waals surface area contributed by atoms with Gasteiger partial charge in [0.1, 0.15) is 6.61 Å². The number of benzene rings is 1. The van der Waals surface area contributed by atoms with E-state index >= 15 is 0 Å². The molecule has 0 radical (unpaired) electrons. The highest BCUT2D eigenvalue weighted by atomic mass is 16.5. The lowest BCUT2D eigenvalue weighted by atomic mass is 10.0. The number of para-hydroxylation sites is 2. The summed E-state index contributed by atoms with van der Waals surface area (Å²) in [5.74, 6) is -1.60. The predicted molar refractivity (Wildman–Crippen MR) is 105 cm³/mol. The van der Waals surface area contributed by atoms with Crippen LogP contribution in [0.15, 0.2) is 44.7 Å². The van der Waals surface area contributed by atoms with Crippen LogP contribution in [0.5, 0.6) is 0 Å². The highest BCUT2D eigenvalue weighted by Crippen LogP contribution is 2.15. The standard InChI is InChI=1S/C20H23N3O7/c1-3-28-18(25)17-12(2)21-19(26)22-13(17)11-29-16(24)9-6-10-23-14-7-4-5-8-15(14)30-20(23)27/h4-5,7-8,12H,3,6,9-11H2,1-2H3,(H2,21,22,26). The molecule has 1 aromatic heterocycles. The summed E-state index contributed by atoms with van der Waals surface area (Å²) in [7, 11) is 0. The molecule has 0 aliphatic carbocycles. The Hall–Kier alpha value is -3.56. The van der Waals surface area contributed by atoms with E-state index in [0.29, 0.717) is 24.1 Å². The van der Waals surface area contributed by atoms with Gasteiger partial charge in [0.05, 0.1) is 29.4 Å². The van der Waals surface area contributed by atoms with Gasteiger partial charge in [0.2, 0.25) is 0 Å². The number of aromatic nitrogens is 1. The molecule has 1 aromatic carbocycles. The summed E-state index contributed by atoms with van der Waals surface area (Å²) in [5.41, 5.74) is 1.54. The van der Waals surface area contributed by atoms with Gasteiger partial charge in [-0.15, -0.1) is 0 Å². The molecule has 1 atom stereocenters. The lowest BCUT2D eigenvalue weighted by Crippen LogP contribution is -2.50. The number of esters is 2. The summed E-state index contributed by atoms with van der Waals surface area (Å²) < 4.78 is 16.8. The zero-order valence-corrected chi connectivity index (χ0v) is 16.7. The number of hydrogen-bond donors (Lipinski definition) is 2. The molecule has 2 aromatic rings. The maximum Gasteiger partial charge on any atom is 0.419 e. The molecule has 160 valence electrons. The summed E-state index contributed by atoms with van der Waals surface area (Å²) in [6.07, 6.45) is 0.409. The van der Waals surface area contributed by atoms with Gasteiger partial charge in [-0.2, -0.15) is 0 Å². The molecule has 1 unspecified atom stereocenters. The fourth-order valence-electron chi connectivity index (χ4n) is 3.23. The zero-order chi connectivity index (χ0) is 21.7. The number of fused-ring (bicyclic) bond motifs is 1. The van der Waals surface area contributed by atoms with Crippen molar-refractivity contribution in [2.45, 2.75) is 39.3 Å². The minimum atomic E-state index is -0.588. The molecule has 3 rings (SSSR count). The largest absolute Gasteiger partial charge is 0.463 e. The van der Waals surface area contributed by atoms with Crippen LogP contribution in [0.25, 0.3) is 11.1 Å². The Bertz CT molecular complexity index is 1050. The van der Waals surface area contributed by atoms with Crippen molar-refractivity contribution in [3.05, 3.63) is 46.1 Å². The highest BCUT2D eigenvalue weighted by molar-refractivity contribution is 5.94. The monoisotopic (exact) mass is 417 g/mol. The number of amides is 2. The maximum atomic E-state index is 12.2. The molecule has 0 saturated heterocycles. The fourth-order valence-corrected chi connectivity index (χ4v) is 3.23. The van der Waals surface area contributed by atoms with Crippen LogP contribution in [-0.2, 0) is 25.6 Å². The normalized spacial score (nSPS) is 16.2. The Kier molecular flexibility index (Phi) is 6.55. The molecule has 10 nitrogen and oxygen atoms in total. The van der Waals surface area contributed by atoms with Gasteiger partial charge in [-0.05, 0) is 32.4 Å². The average molecular weight is 417 g/mol. The van der Waals surface area contributed by atoms with E-state index in [2.05, 4.69) is 10.6 Å². The first-order valence-corrected chi connectivity index (χ1v) is 9.62. The van der Waals surface area contributed by atoms with E-state index in [9.17, 15) is 19.2 Å². The number of nitrogens with zero attached hydrogens (tertiary/aromatic N) is 1. The number of ether oxygens (including phenoxy) is 2. The summed E-state index contributed by atoms with van der Waals surface area (Å²) in [5, 5.41) is 5.06. The third-order valence-electron chi connectivity index (χ3n) is 4.58. The maximum absolute atomic E-state index is 12.2. The third-order valence-corrected chi connectivity index (χ3v) is 4.58. The number of nitrogens with one attached hydrogen (secondary N) is 2. The first-order chi connectivity index (χ1) is 14.4. The zero-order valence-electron chi connectivity index (χ0n) is 16.7. The lowest BCUT2D eigenvalue weighted by Gasteiger charge is -2.26. The molecule has 2 N–H and O–H groups in total. The van der Waals surface area contributed by atoms with Crippen LogP contribution >= 0.6 is 0 Å². The first-order valence-electron chi connectivity index (χ1n) is 9.62. The van der Waals surface area contributed by atoms with Crippen LogP contribution in [0.3, 0.4) is 0 Å². The second-order valence-electron chi connectivity index (χ2n) is 6.68. The second-order valence-corrected chi connectivity index (χ2v) is 6.68. The molecule has 0 bridgehead atoms. The van der Waals surface area contributed by atoms with E-state index in [1.54, 1.807) is 38.1 Å². The number of rotatable bonds is 8. The van der Waals surface area contributed by atoms with Crippen molar-refractivity contribution in [3.63, 3.8) is 0 Å². The molecule has 0 saturated carbocycles. The van der Waals surface area contributed by atoms with Crippen molar-refractivity contribution in [3.8, 4) is 0 Å². The van der Waals surface area contributed by atoms with Crippen molar-refractivity contribution in [2.75, 3.05) is 13.2 Å². The number of aryl methyl sites for hydroxylation is 1. The summed E-state index contributed by atoms with van der Waals surface area (Å²) in [6.45, 7) is 3.52. The molecular weight excluding hydrogens is 394 g/mol. The second kappa shape index (κ2) is 9.29. The molecule has 2 amide bonds. The van der Waals surface area contributed by atoms with Gasteiger partial charge < -0.3 is 24.5 Å². The summed E-state index contributed by atoms with van der Waals surface area (Å²) in [6, 6.07) is 5.96. The third kappa shape index (κ3) is 4.70. The van der Waals surface area contributed by atoms with Crippen LogP contribution in [-0.4, -0.2) is 41.8 Å². The number of carbonyl (C=O) groups excluding carboxylic acids is 3. The molecule has 2 heterocycles. The van der Waals surface area contributed by atoms with E-state index < -0.39 is 29.8 Å². The molecule has 0 spiro atoms. The number of urea groups is 1. The minimum absolute atomic E-state index is 0.0513. The smallest absolute Gasteiger partial charge is 0.419 e. The van der Waals surface area contributed by atoms with Crippen molar-refractivity contribution >= 4 is 29.1 Å².